The number of hydrogen-bond acceptors (Lipinski definition) is 5. The van der Waals surface area contributed by atoms with Crippen molar-refractivity contribution in [2.45, 2.75) is 90.1 Å². The maximum absolute atomic E-state index is 14.2. The van der Waals surface area contributed by atoms with Crippen LogP contribution in [0.5, 0.6) is 0 Å². The Hall–Kier alpha value is -2.68. The lowest BCUT2D eigenvalue weighted by Gasteiger charge is -2.35. The third-order valence-electron chi connectivity index (χ3n) is 10.9. The summed E-state index contributed by atoms with van der Waals surface area (Å²) >= 11 is 1.75. The number of amides is 2. The fourth-order valence-corrected chi connectivity index (χ4v) is 9.67. The van der Waals surface area contributed by atoms with Crippen LogP contribution in [0.2, 0.25) is 0 Å². The van der Waals surface area contributed by atoms with Gasteiger partial charge in [-0.15, -0.1) is 11.3 Å². The van der Waals surface area contributed by atoms with Crippen molar-refractivity contribution in [1.82, 2.24) is 24.6 Å². The monoisotopic (exact) mass is 615 g/mol. The lowest BCUT2D eigenvalue weighted by molar-refractivity contribution is -0.137. The number of likely N-dealkylation sites (tertiary alicyclic amines) is 1. The Balaban J connectivity index is 1.14. The average molecular weight is 616 g/mol. The molecule has 8 heteroatoms. The summed E-state index contributed by atoms with van der Waals surface area (Å²) in [5, 5.41) is 3.51. The summed E-state index contributed by atoms with van der Waals surface area (Å²) in [6, 6.07) is 7.68. The van der Waals surface area contributed by atoms with Crippen molar-refractivity contribution in [1.29, 1.82) is 0 Å². The van der Waals surface area contributed by atoms with E-state index in [9.17, 15) is 9.59 Å². The maximum Gasteiger partial charge on any atom is 0.236 e. The molecule has 0 radical (unpaired) electrons. The van der Waals surface area contributed by atoms with Gasteiger partial charge in [0.25, 0.3) is 0 Å². The summed E-state index contributed by atoms with van der Waals surface area (Å²) < 4.78 is 0. The number of nitrogens with one attached hydrogen (secondary N) is 1. The number of carbonyl (C=O) groups excluding carboxylic acids is 2. The number of piperazine rings is 1. The van der Waals surface area contributed by atoms with Gasteiger partial charge in [-0.1, -0.05) is 17.2 Å². The van der Waals surface area contributed by atoms with E-state index in [1.807, 2.05) is 4.90 Å². The van der Waals surface area contributed by atoms with Gasteiger partial charge in [-0.2, -0.15) is 0 Å². The Morgan fingerprint density at radius 3 is 2.14 bits per heavy atom. The zero-order valence-electron chi connectivity index (χ0n) is 27.1. The van der Waals surface area contributed by atoms with E-state index in [4.69, 9.17) is 0 Å². The van der Waals surface area contributed by atoms with Crippen LogP contribution in [0.3, 0.4) is 0 Å². The number of aromatic nitrogens is 1. The van der Waals surface area contributed by atoms with Crippen molar-refractivity contribution in [3.05, 3.63) is 45.1 Å². The van der Waals surface area contributed by atoms with Crippen molar-refractivity contribution >= 4 is 34.1 Å². The van der Waals surface area contributed by atoms with Gasteiger partial charge in [0.2, 0.25) is 11.8 Å². The first-order valence-electron chi connectivity index (χ1n) is 17.0. The minimum absolute atomic E-state index is 0.299. The molecule has 7 rings (SSSR count). The molecule has 1 N–H and O–H groups in total. The third-order valence-corrected chi connectivity index (χ3v) is 12.2. The summed E-state index contributed by atoms with van der Waals surface area (Å²) in [6.07, 6.45) is 7.88. The van der Waals surface area contributed by atoms with Crippen LogP contribution in [0.4, 0.5) is 0 Å². The Morgan fingerprint density at radius 2 is 1.50 bits per heavy atom. The Morgan fingerprint density at radius 1 is 0.886 bits per heavy atom. The van der Waals surface area contributed by atoms with E-state index in [1.54, 1.807) is 11.3 Å². The van der Waals surface area contributed by atoms with Gasteiger partial charge >= 0.3 is 0 Å². The molecule has 6 heterocycles. The van der Waals surface area contributed by atoms with Crippen LogP contribution >= 0.6 is 11.3 Å². The molecule has 3 aromatic rings. The van der Waals surface area contributed by atoms with E-state index >= 15 is 0 Å². The second-order valence-corrected chi connectivity index (χ2v) is 15.3. The van der Waals surface area contributed by atoms with Gasteiger partial charge in [-0.25, -0.2) is 0 Å². The molecule has 0 unspecified atom stereocenters. The number of benzene rings is 1. The van der Waals surface area contributed by atoms with Crippen molar-refractivity contribution in [2.75, 3.05) is 52.4 Å². The van der Waals surface area contributed by atoms with Gasteiger partial charge in [0.15, 0.2) is 0 Å². The fourth-order valence-electron chi connectivity index (χ4n) is 8.52. The Labute approximate surface area is 266 Å². The number of thiophene rings is 1. The van der Waals surface area contributed by atoms with Crippen LogP contribution in [-0.2, 0) is 21.4 Å². The van der Waals surface area contributed by atoms with Crippen molar-refractivity contribution in [3.63, 3.8) is 0 Å². The van der Waals surface area contributed by atoms with Crippen molar-refractivity contribution in [2.24, 2.45) is 0 Å². The highest BCUT2D eigenvalue weighted by molar-refractivity contribution is 7.12. The highest BCUT2D eigenvalue weighted by Gasteiger charge is 2.48. The van der Waals surface area contributed by atoms with Crippen LogP contribution in [0.25, 0.3) is 22.2 Å². The number of aromatic amines is 1. The average Bonchev–Trinajstić information content (AvgIpc) is 3.83. The number of aryl methyl sites for hydroxylation is 2. The van der Waals surface area contributed by atoms with E-state index in [2.05, 4.69) is 71.0 Å². The molecule has 0 saturated carbocycles. The number of nitrogens with zero attached hydrogens (tertiary/aromatic N) is 4. The predicted molar refractivity (Wildman–Crippen MR) is 179 cm³/mol. The number of rotatable bonds is 8. The first-order valence-corrected chi connectivity index (χ1v) is 17.8. The zero-order valence-corrected chi connectivity index (χ0v) is 27.9. The first-order chi connectivity index (χ1) is 21.2. The molecule has 1 aromatic carbocycles. The smallest absolute Gasteiger partial charge is 0.236 e. The second kappa shape index (κ2) is 11.9. The molecule has 4 fully saturated rings. The first kappa shape index (κ1) is 30.0. The van der Waals surface area contributed by atoms with Gasteiger partial charge in [-0.05, 0) is 95.9 Å². The molecule has 2 aromatic heterocycles. The molecule has 236 valence electrons. The van der Waals surface area contributed by atoms with Crippen LogP contribution in [-0.4, -0.2) is 101 Å². The molecule has 4 aliphatic rings. The molecule has 2 amide bonds. The predicted octanol–water partition coefficient (Wildman–Crippen LogP) is 5.73. The molecular formula is C36H49N5O2S. The molecule has 2 bridgehead atoms. The van der Waals surface area contributed by atoms with Crippen molar-refractivity contribution < 1.29 is 9.59 Å². The number of carbonyl (C=O) groups is 2. The van der Waals surface area contributed by atoms with E-state index in [1.165, 1.54) is 38.2 Å². The van der Waals surface area contributed by atoms with Gasteiger partial charge in [0, 0.05) is 79.2 Å². The Bertz CT molecular complexity index is 1500. The molecule has 4 aliphatic heterocycles. The van der Waals surface area contributed by atoms with E-state index in [0.717, 1.165) is 96.3 Å². The largest absolute Gasteiger partial charge is 0.354 e. The SMILES string of the molecule is Cc1cc(C)cc(-c2[nH]c3csc(C(C)(C)C(=O)N4C5CCC4CC5)c3c2CCN2CCN(CC(=O)N3CCCC3)CC2)c1. The highest BCUT2D eigenvalue weighted by atomic mass is 32.1. The topological polar surface area (TPSA) is 62.9 Å². The summed E-state index contributed by atoms with van der Waals surface area (Å²) in [5.74, 6) is 0.610. The van der Waals surface area contributed by atoms with Gasteiger partial charge in [0.05, 0.1) is 17.5 Å². The standard InChI is InChI=1S/C36H49N5O2S/c1-24-19-25(2)21-26(20-24)33-29(11-14-38-15-17-39(18-16-38)22-31(42)40-12-5-6-13-40)32-30(37-33)23-44-34(32)36(3,4)35(43)41-27-7-8-28(41)10-9-27/h19-21,23,27-28,37H,5-18,22H2,1-4H3. The van der Waals surface area contributed by atoms with Crippen molar-refractivity contribution in [3.8, 4) is 11.3 Å². The summed E-state index contributed by atoms with van der Waals surface area (Å²) in [7, 11) is 0. The second-order valence-electron chi connectivity index (χ2n) is 14.5. The quantitative estimate of drug-likeness (QED) is 0.352. The third kappa shape index (κ3) is 5.51. The lowest BCUT2D eigenvalue weighted by atomic mass is 9.86. The van der Waals surface area contributed by atoms with Gasteiger partial charge in [0.1, 0.15) is 0 Å². The molecule has 0 aliphatic carbocycles. The molecule has 0 atom stereocenters. The van der Waals surface area contributed by atoms with E-state index in [0.29, 0.717) is 30.4 Å². The fraction of sp³-hybridized carbons (Fsp3) is 0.611. The van der Waals surface area contributed by atoms with E-state index < -0.39 is 5.41 Å². The molecular weight excluding hydrogens is 566 g/mol. The minimum Gasteiger partial charge on any atom is -0.354 e. The normalized spacial score (nSPS) is 23.0. The summed E-state index contributed by atoms with van der Waals surface area (Å²) in [5.41, 5.74) is 6.90. The minimum atomic E-state index is -0.568. The number of hydrogen-bond donors (Lipinski definition) is 1. The van der Waals surface area contributed by atoms with Crippen LogP contribution in [0, 0.1) is 13.8 Å². The molecule has 4 saturated heterocycles. The van der Waals surface area contributed by atoms with Crippen LogP contribution in [0.15, 0.2) is 23.6 Å². The van der Waals surface area contributed by atoms with E-state index in [-0.39, 0.29) is 0 Å². The van der Waals surface area contributed by atoms with Gasteiger partial charge in [-0.3, -0.25) is 14.5 Å². The zero-order chi connectivity index (χ0) is 30.6. The highest BCUT2D eigenvalue weighted by Crippen LogP contribution is 2.46. The Kier molecular flexibility index (Phi) is 8.13. The maximum atomic E-state index is 14.2. The summed E-state index contributed by atoms with van der Waals surface area (Å²) in [6.45, 7) is 15.9. The molecule has 0 spiro atoms. The summed E-state index contributed by atoms with van der Waals surface area (Å²) in [4.78, 5) is 41.2. The van der Waals surface area contributed by atoms with Crippen LogP contribution < -0.4 is 0 Å². The molecule has 7 nitrogen and oxygen atoms in total. The van der Waals surface area contributed by atoms with Crippen LogP contribution in [0.1, 0.15) is 73.9 Å². The lowest BCUT2D eigenvalue weighted by Crippen LogP contribution is -2.50. The van der Waals surface area contributed by atoms with Gasteiger partial charge < -0.3 is 19.7 Å². The number of fused-ring (bicyclic) bond motifs is 3. The molecule has 44 heavy (non-hydrogen) atoms. The number of H-pyrrole nitrogens is 1.